The lowest BCUT2D eigenvalue weighted by Gasteiger charge is -2.15. The Hall–Kier alpha value is -2.51. The molecular weight excluding hydrogens is 364 g/mol. The molecule has 0 saturated carbocycles. The van der Waals surface area contributed by atoms with E-state index in [-0.39, 0.29) is 23.3 Å². The van der Waals surface area contributed by atoms with Crippen molar-refractivity contribution < 1.29 is 19.5 Å². The van der Waals surface area contributed by atoms with Gasteiger partial charge in [-0.25, -0.2) is 4.79 Å². The van der Waals surface area contributed by atoms with E-state index in [9.17, 15) is 14.4 Å². The third-order valence-electron chi connectivity index (χ3n) is 3.59. The Kier molecular flexibility index (Phi) is 4.96. The molecule has 8 heteroatoms. The van der Waals surface area contributed by atoms with Crippen molar-refractivity contribution in [2.45, 2.75) is 11.9 Å². The number of halogens is 1. The van der Waals surface area contributed by atoms with Crippen LogP contribution in [-0.2, 0) is 11.3 Å². The van der Waals surface area contributed by atoms with E-state index in [1.165, 1.54) is 12.1 Å². The molecule has 2 aromatic carbocycles. The highest BCUT2D eigenvalue weighted by molar-refractivity contribution is 8.15. The Morgan fingerprint density at radius 2 is 1.92 bits per heavy atom. The summed E-state index contributed by atoms with van der Waals surface area (Å²) in [5.74, 6) is -1.43. The molecule has 0 unspecified atom stereocenters. The van der Waals surface area contributed by atoms with E-state index in [0.29, 0.717) is 16.3 Å². The maximum Gasteiger partial charge on any atom is 0.335 e. The van der Waals surface area contributed by atoms with Gasteiger partial charge in [-0.05, 0) is 53.7 Å². The number of aromatic carboxylic acids is 1. The van der Waals surface area contributed by atoms with Gasteiger partial charge in [-0.15, -0.1) is 0 Å². The van der Waals surface area contributed by atoms with Crippen LogP contribution in [-0.4, -0.2) is 32.5 Å². The minimum absolute atomic E-state index is 0.0323. The summed E-state index contributed by atoms with van der Waals surface area (Å²) in [7, 11) is 0. The second kappa shape index (κ2) is 7.16. The number of imide groups is 1. The maximum absolute atomic E-state index is 12.5. The first-order valence-electron chi connectivity index (χ1n) is 7.30. The van der Waals surface area contributed by atoms with Crippen LogP contribution in [0.25, 0.3) is 0 Å². The largest absolute Gasteiger partial charge is 0.478 e. The number of carbonyl (C=O) groups is 3. The number of amides is 2. The predicted molar refractivity (Wildman–Crippen MR) is 95.8 cm³/mol. The number of nitrogens with one attached hydrogen (secondary N) is 1. The highest BCUT2D eigenvalue weighted by Gasteiger charge is 2.39. The molecule has 2 N–H and O–H groups in total. The lowest BCUT2D eigenvalue weighted by atomic mass is 10.1. The molecule has 0 aromatic heterocycles. The molecule has 2 amide bonds. The summed E-state index contributed by atoms with van der Waals surface area (Å²) in [6.07, 6.45) is 0. The smallest absolute Gasteiger partial charge is 0.335 e. The Morgan fingerprint density at radius 1 is 1.20 bits per heavy atom. The van der Waals surface area contributed by atoms with Crippen molar-refractivity contribution in [3.05, 3.63) is 64.7 Å². The molecule has 1 heterocycles. The van der Waals surface area contributed by atoms with Gasteiger partial charge in [0.25, 0.3) is 11.1 Å². The summed E-state index contributed by atoms with van der Waals surface area (Å²) < 4.78 is 0. The number of anilines is 1. The molecule has 2 aromatic rings. The Labute approximate surface area is 152 Å². The average Bonchev–Trinajstić information content (AvgIpc) is 2.85. The summed E-state index contributed by atoms with van der Waals surface area (Å²) in [5, 5.41) is 11.5. The molecule has 6 nitrogen and oxygen atoms in total. The SMILES string of the molecule is O=C(O)c1cccc(CN2C(=O)S[C@@H](Nc3ccc(Cl)cc3)C2=O)c1. The van der Waals surface area contributed by atoms with Gasteiger partial charge in [0.15, 0.2) is 5.37 Å². The Morgan fingerprint density at radius 3 is 2.60 bits per heavy atom. The number of nitrogens with zero attached hydrogens (tertiary/aromatic N) is 1. The number of hydrogen-bond acceptors (Lipinski definition) is 5. The first-order chi connectivity index (χ1) is 11.9. The molecule has 1 saturated heterocycles. The van der Waals surface area contributed by atoms with Crippen molar-refractivity contribution in [3.63, 3.8) is 0 Å². The summed E-state index contributed by atoms with van der Waals surface area (Å²) in [6.45, 7) is 0.0323. The summed E-state index contributed by atoms with van der Waals surface area (Å²) >= 11 is 6.71. The Balaban J connectivity index is 1.72. The van der Waals surface area contributed by atoms with Gasteiger partial charge < -0.3 is 10.4 Å². The van der Waals surface area contributed by atoms with Crippen molar-refractivity contribution in [3.8, 4) is 0 Å². The average molecular weight is 377 g/mol. The molecule has 0 radical (unpaired) electrons. The van der Waals surface area contributed by atoms with E-state index in [1.54, 1.807) is 36.4 Å². The van der Waals surface area contributed by atoms with Crippen LogP contribution in [0, 0.1) is 0 Å². The molecule has 0 aliphatic carbocycles. The van der Waals surface area contributed by atoms with Crippen LogP contribution in [0.1, 0.15) is 15.9 Å². The molecule has 128 valence electrons. The maximum atomic E-state index is 12.5. The second-order valence-electron chi connectivity index (χ2n) is 5.34. The first kappa shape index (κ1) is 17.3. The van der Waals surface area contributed by atoms with Gasteiger partial charge in [0.05, 0.1) is 12.1 Å². The number of carboxylic acid groups (broad SMARTS) is 1. The van der Waals surface area contributed by atoms with Gasteiger partial charge in [-0.3, -0.25) is 14.5 Å². The van der Waals surface area contributed by atoms with Crippen LogP contribution in [0.3, 0.4) is 0 Å². The molecule has 0 bridgehead atoms. The van der Waals surface area contributed by atoms with E-state index in [0.717, 1.165) is 16.7 Å². The van der Waals surface area contributed by atoms with Gasteiger partial charge in [0.1, 0.15) is 0 Å². The monoisotopic (exact) mass is 376 g/mol. The number of benzene rings is 2. The van der Waals surface area contributed by atoms with E-state index in [4.69, 9.17) is 16.7 Å². The molecule has 3 rings (SSSR count). The summed E-state index contributed by atoms with van der Waals surface area (Å²) in [4.78, 5) is 36.8. The van der Waals surface area contributed by atoms with Gasteiger partial charge in [0.2, 0.25) is 0 Å². The first-order valence-corrected chi connectivity index (χ1v) is 8.56. The number of thioether (sulfide) groups is 1. The quantitative estimate of drug-likeness (QED) is 0.827. The fraction of sp³-hybridized carbons (Fsp3) is 0.118. The highest BCUT2D eigenvalue weighted by Crippen LogP contribution is 2.30. The van der Waals surface area contributed by atoms with Crippen molar-refractivity contribution in [2.75, 3.05) is 5.32 Å². The van der Waals surface area contributed by atoms with Gasteiger partial charge in [-0.1, -0.05) is 23.7 Å². The minimum Gasteiger partial charge on any atom is -0.478 e. The molecule has 1 fully saturated rings. The fourth-order valence-corrected chi connectivity index (χ4v) is 3.40. The van der Waals surface area contributed by atoms with Crippen molar-refractivity contribution in [1.29, 1.82) is 0 Å². The second-order valence-corrected chi connectivity index (χ2v) is 6.84. The number of hydrogen-bond donors (Lipinski definition) is 2. The van der Waals surface area contributed by atoms with Gasteiger partial charge in [-0.2, -0.15) is 0 Å². The highest BCUT2D eigenvalue weighted by atomic mass is 35.5. The standard InChI is InChI=1S/C17H13ClN2O4S/c18-12-4-6-13(7-5-12)19-14-15(21)20(17(24)25-14)9-10-2-1-3-11(8-10)16(22)23/h1-8,14,19H,9H2,(H,22,23)/t14-/m1/s1. The zero-order chi connectivity index (χ0) is 18.0. The third kappa shape index (κ3) is 3.94. The van der Waals surface area contributed by atoms with Crippen LogP contribution in [0.15, 0.2) is 48.5 Å². The van der Waals surface area contributed by atoms with E-state index >= 15 is 0 Å². The molecule has 1 aliphatic heterocycles. The van der Waals surface area contributed by atoms with Crippen LogP contribution < -0.4 is 5.32 Å². The molecule has 0 spiro atoms. The van der Waals surface area contributed by atoms with Gasteiger partial charge in [0, 0.05) is 10.7 Å². The van der Waals surface area contributed by atoms with Crippen molar-refractivity contribution >= 4 is 46.2 Å². The number of rotatable bonds is 5. The third-order valence-corrected chi connectivity index (χ3v) is 4.82. The fourth-order valence-electron chi connectivity index (χ4n) is 2.36. The minimum atomic E-state index is -1.06. The predicted octanol–water partition coefficient (Wildman–Crippen LogP) is 3.67. The van der Waals surface area contributed by atoms with E-state index in [1.807, 2.05) is 0 Å². The van der Waals surface area contributed by atoms with Crippen LogP contribution >= 0.6 is 23.4 Å². The normalized spacial score (nSPS) is 17.0. The van der Waals surface area contributed by atoms with E-state index < -0.39 is 11.3 Å². The molecule has 25 heavy (non-hydrogen) atoms. The zero-order valence-corrected chi connectivity index (χ0v) is 14.4. The molecular formula is C17H13ClN2O4S. The number of carboxylic acids is 1. The van der Waals surface area contributed by atoms with Crippen LogP contribution in [0.2, 0.25) is 5.02 Å². The van der Waals surface area contributed by atoms with Crippen LogP contribution in [0.4, 0.5) is 10.5 Å². The Bertz CT molecular complexity index is 841. The zero-order valence-electron chi connectivity index (χ0n) is 12.8. The topological polar surface area (TPSA) is 86.7 Å². The van der Waals surface area contributed by atoms with Crippen molar-refractivity contribution in [2.24, 2.45) is 0 Å². The molecule has 1 aliphatic rings. The lowest BCUT2D eigenvalue weighted by Crippen LogP contribution is -2.33. The van der Waals surface area contributed by atoms with Gasteiger partial charge >= 0.3 is 5.97 Å². The summed E-state index contributed by atoms with van der Waals surface area (Å²) in [6, 6.07) is 13.0. The lowest BCUT2D eigenvalue weighted by molar-refractivity contribution is -0.126. The molecule has 1 atom stereocenters. The van der Waals surface area contributed by atoms with E-state index in [2.05, 4.69) is 5.32 Å². The van der Waals surface area contributed by atoms with Crippen LogP contribution in [0.5, 0.6) is 0 Å². The van der Waals surface area contributed by atoms with Crippen molar-refractivity contribution in [1.82, 2.24) is 4.90 Å². The summed E-state index contributed by atoms with van der Waals surface area (Å²) in [5.41, 5.74) is 1.37. The number of carbonyl (C=O) groups excluding carboxylic acids is 2.